The molecule has 1 aliphatic rings. The van der Waals surface area contributed by atoms with Crippen molar-refractivity contribution in [3.63, 3.8) is 0 Å². The number of amides is 1. The molecule has 1 amide bonds. The van der Waals surface area contributed by atoms with E-state index in [9.17, 15) is 13.6 Å². The summed E-state index contributed by atoms with van der Waals surface area (Å²) in [5.41, 5.74) is 2.21. The van der Waals surface area contributed by atoms with Crippen molar-refractivity contribution in [1.29, 1.82) is 0 Å². The number of halogens is 2. The van der Waals surface area contributed by atoms with Gasteiger partial charge in [-0.25, -0.2) is 23.3 Å². The highest BCUT2D eigenvalue weighted by Crippen LogP contribution is 2.36. The summed E-state index contributed by atoms with van der Waals surface area (Å²) >= 11 is 0. The van der Waals surface area contributed by atoms with Gasteiger partial charge in [-0.05, 0) is 25.1 Å². The SMILES string of the molecule is CC(C)c1nc(C(C)F)c(C(=O)N2CCc3[nH]cnc3[C@@H]2c2cc3c(F)cccn3n2)o1. The molecule has 2 atom stereocenters. The Morgan fingerprint density at radius 3 is 2.88 bits per heavy atom. The lowest BCUT2D eigenvalue weighted by Crippen LogP contribution is -2.41. The molecule has 0 saturated carbocycles. The topological polar surface area (TPSA) is 92.3 Å². The summed E-state index contributed by atoms with van der Waals surface area (Å²) in [6.07, 6.45) is 2.25. The van der Waals surface area contributed by atoms with E-state index in [-0.39, 0.29) is 22.9 Å². The van der Waals surface area contributed by atoms with Crippen molar-refractivity contribution in [1.82, 2.24) is 29.5 Å². The average Bonchev–Trinajstić information content (AvgIpc) is 3.49. The molecular formula is C22H22F2N6O2. The summed E-state index contributed by atoms with van der Waals surface area (Å²) in [4.78, 5) is 26.9. The predicted octanol–water partition coefficient (Wildman–Crippen LogP) is 4.13. The van der Waals surface area contributed by atoms with Gasteiger partial charge < -0.3 is 14.3 Å². The van der Waals surface area contributed by atoms with Crippen LogP contribution in [0.4, 0.5) is 8.78 Å². The van der Waals surface area contributed by atoms with Gasteiger partial charge in [0, 0.05) is 30.8 Å². The molecule has 10 heteroatoms. The summed E-state index contributed by atoms with van der Waals surface area (Å²) in [6, 6.07) is 3.82. The fraction of sp³-hybridized carbons (Fsp3) is 0.364. The summed E-state index contributed by atoms with van der Waals surface area (Å²) in [7, 11) is 0. The van der Waals surface area contributed by atoms with E-state index in [1.165, 1.54) is 17.5 Å². The summed E-state index contributed by atoms with van der Waals surface area (Å²) < 4.78 is 35.8. The molecule has 5 rings (SSSR count). The van der Waals surface area contributed by atoms with E-state index in [2.05, 4.69) is 20.1 Å². The number of hydrogen-bond acceptors (Lipinski definition) is 5. The molecule has 1 N–H and O–H groups in total. The van der Waals surface area contributed by atoms with Crippen LogP contribution in [0.3, 0.4) is 0 Å². The minimum absolute atomic E-state index is 0.0219. The van der Waals surface area contributed by atoms with Crippen molar-refractivity contribution in [2.75, 3.05) is 6.54 Å². The van der Waals surface area contributed by atoms with Crippen molar-refractivity contribution in [3.05, 3.63) is 71.0 Å². The fourth-order valence-electron chi connectivity index (χ4n) is 4.08. The maximum atomic E-state index is 14.3. The average molecular weight is 440 g/mol. The number of nitrogens with zero attached hydrogens (tertiary/aromatic N) is 5. The van der Waals surface area contributed by atoms with Crippen LogP contribution in [0.15, 0.2) is 35.1 Å². The second-order valence-electron chi connectivity index (χ2n) is 8.21. The third-order valence-corrected chi connectivity index (χ3v) is 5.67. The molecule has 8 nitrogen and oxygen atoms in total. The van der Waals surface area contributed by atoms with E-state index in [0.717, 1.165) is 5.69 Å². The van der Waals surface area contributed by atoms with E-state index in [4.69, 9.17) is 4.42 Å². The molecule has 1 unspecified atom stereocenters. The largest absolute Gasteiger partial charge is 0.435 e. The van der Waals surface area contributed by atoms with Gasteiger partial charge in [0.05, 0.1) is 17.7 Å². The molecule has 32 heavy (non-hydrogen) atoms. The first-order chi connectivity index (χ1) is 15.3. The molecule has 166 valence electrons. The normalized spacial score (nSPS) is 17.2. The third-order valence-electron chi connectivity index (χ3n) is 5.67. The molecule has 0 aromatic carbocycles. The lowest BCUT2D eigenvalue weighted by atomic mass is 9.99. The van der Waals surface area contributed by atoms with Gasteiger partial charge in [0.2, 0.25) is 5.76 Å². The van der Waals surface area contributed by atoms with Crippen LogP contribution < -0.4 is 0 Å². The number of oxazole rings is 1. The Morgan fingerprint density at radius 1 is 1.34 bits per heavy atom. The number of aromatic amines is 1. The smallest absolute Gasteiger partial charge is 0.292 e. The maximum absolute atomic E-state index is 14.3. The van der Waals surface area contributed by atoms with E-state index < -0.39 is 23.9 Å². The van der Waals surface area contributed by atoms with Crippen molar-refractivity contribution >= 4 is 11.4 Å². The van der Waals surface area contributed by atoms with Gasteiger partial charge in [-0.3, -0.25) is 4.79 Å². The van der Waals surface area contributed by atoms with E-state index in [1.807, 2.05) is 13.8 Å². The van der Waals surface area contributed by atoms with Gasteiger partial charge in [-0.1, -0.05) is 13.8 Å². The number of rotatable bonds is 4. The molecule has 0 radical (unpaired) electrons. The number of nitrogens with one attached hydrogen (secondary N) is 1. The number of imidazole rings is 1. The first-order valence-corrected chi connectivity index (χ1v) is 10.5. The van der Waals surface area contributed by atoms with E-state index in [0.29, 0.717) is 30.2 Å². The Balaban J connectivity index is 1.63. The number of aromatic nitrogens is 5. The van der Waals surface area contributed by atoms with Gasteiger partial charge in [0.1, 0.15) is 29.2 Å². The van der Waals surface area contributed by atoms with Crippen molar-refractivity contribution in [3.8, 4) is 0 Å². The van der Waals surface area contributed by atoms with Gasteiger partial charge in [0.15, 0.2) is 5.89 Å². The van der Waals surface area contributed by atoms with Gasteiger partial charge >= 0.3 is 0 Å². The second-order valence-corrected chi connectivity index (χ2v) is 8.21. The number of carbonyl (C=O) groups is 1. The highest BCUT2D eigenvalue weighted by molar-refractivity contribution is 5.93. The van der Waals surface area contributed by atoms with Gasteiger partial charge in [-0.2, -0.15) is 5.10 Å². The van der Waals surface area contributed by atoms with Crippen LogP contribution in [0.25, 0.3) is 5.52 Å². The van der Waals surface area contributed by atoms with Gasteiger partial charge in [-0.15, -0.1) is 0 Å². The summed E-state index contributed by atoms with van der Waals surface area (Å²) in [5.74, 6) is -0.850. The monoisotopic (exact) mass is 440 g/mol. The molecule has 0 aliphatic carbocycles. The number of alkyl halides is 1. The quantitative estimate of drug-likeness (QED) is 0.515. The summed E-state index contributed by atoms with van der Waals surface area (Å²) in [6.45, 7) is 5.37. The van der Waals surface area contributed by atoms with Crippen LogP contribution >= 0.6 is 0 Å². The molecule has 0 bridgehead atoms. The van der Waals surface area contributed by atoms with E-state index >= 15 is 0 Å². The van der Waals surface area contributed by atoms with Crippen LogP contribution in [-0.4, -0.2) is 41.9 Å². The number of carbonyl (C=O) groups excluding carboxylic acids is 1. The number of hydrogen-bond donors (Lipinski definition) is 1. The van der Waals surface area contributed by atoms with Crippen molar-refractivity contribution in [2.24, 2.45) is 0 Å². The zero-order valence-electron chi connectivity index (χ0n) is 17.8. The van der Waals surface area contributed by atoms with Crippen LogP contribution in [0.1, 0.15) is 78.1 Å². The fourth-order valence-corrected chi connectivity index (χ4v) is 4.08. The molecule has 0 saturated heterocycles. The molecular weight excluding hydrogens is 418 g/mol. The third kappa shape index (κ3) is 3.17. The molecule has 0 spiro atoms. The minimum Gasteiger partial charge on any atom is -0.435 e. The maximum Gasteiger partial charge on any atom is 0.292 e. The highest BCUT2D eigenvalue weighted by atomic mass is 19.1. The Bertz CT molecular complexity index is 1300. The van der Waals surface area contributed by atoms with Crippen LogP contribution in [-0.2, 0) is 6.42 Å². The van der Waals surface area contributed by atoms with Crippen molar-refractivity contribution < 1.29 is 18.0 Å². The number of pyridine rings is 1. The molecule has 1 aliphatic heterocycles. The predicted molar refractivity (Wildman–Crippen MR) is 110 cm³/mol. The van der Waals surface area contributed by atoms with Crippen LogP contribution in [0.5, 0.6) is 0 Å². The number of fused-ring (bicyclic) bond motifs is 2. The molecule has 5 heterocycles. The van der Waals surface area contributed by atoms with E-state index in [1.54, 1.807) is 29.6 Å². The highest BCUT2D eigenvalue weighted by Gasteiger charge is 2.39. The lowest BCUT2D eigenvalue weighted by molar-refractivity contribution is 0.0648. The minimum atomic E-state index is -1.47. The van der Waals surface area contributed by atoms with Gasteiger partial charge in [0.25, 0.3) is 5.91 Å². The Morgan fingerprint density at radius 2 is 2.16 bits per heavy atom. The first-order valence-electron chi connectivity index (χ1n) is 10.5. The standard InChI is InChI=1S/C22H22F2N6O2/c1-11(2)21-27-17(12(3)23)20(32-21)22(31)29-8-6-14-18(26-10-25-14)19(29)15-9-16-13(24)5-4-7-30(16)28-15/h4-5,7,9-12,19H,6,8H2,1-3H3,(H,25,26)/t12?,19-/m0/s1. The Hall–Kier alpha value is -3.56. The Kier molecular flexibility index (Phi) is 4.79. The zero-order chi connectivity index (χ0) is 22.6. The summed E-state index contributed by atoms with van der Waals surface area (Å²) in [5, 5.41) is 4.50. The molecule has 4 aromatic rings. The zero-order valence-corrected chi connectivity index (χ0v) is 17.8. The van der Waals surface area contributed by atoms with Crippen molar-refractivity contribution in [2.45, 2.75) is 45.3 Å². The number of H-pyrrole nitrogens is 1. The molecule has 4 aromatic heterocycles. The van der Waals surface area contributed by atoms with Crippen LogP contribution in [0.2, 0.25) is 0 Å². The molecule has 0 fully saturated rings. The Labute approximate surface area is 182 Å². The lowest BCUT2D eigenvalue weighted by Gasteiger charge is -2.33. The second kappa shape index (κ2) is 7.54. The first kappa shape index (κ1) is 20.3. The van der Waals surface area contributed by atoms with Crippen LogP contribution in [0, 0.1) is 5.82 Å².